The van der Waals surface area contributed by atoms with Crippen LogP contribution in [-0.4, -0.2) is 48.1 Å². The van der Waals surface area contributed by atoms with Crippen molar-refractivity contribution in [3.05, 3.63) is 18.3 Å². The summed E-state index contributed by atoms with van der Waals surface area (Å²) in [7, 11) is 1.87. The molecule has 1 aromatic heterocycles. The van der Waals surface area contributed by atoms with Crippen LogP contribution in [0, 0.1) is 0 Å². The summed E-state index contributed by atoms with van der Waals surface area (Å²) in [6.45, 7) is 5.75. The van der Waals surface area contributed by atoms with Crippen LogP contribution in [0.1, 0.15) is 26.7 Å². The van der Waals surface area contributed by atoms with E-state index in [1.165, 1.54) is 0 Å². The Labute approximate surface area is 126 Å². The highest BCUT2D eigenvalue weighted by atomic mass is 16.2. The first-order valence-electron chi connectivity index (χ1n) is 7.47. The first-order valence-corrected chi connectivity index (χ1v) is 7.47. The van der Waals surface area contributed by atoms with Crippen molar-refractivity contribution in [3.8, 4) is 0 Å². The normalized spacial score (nSPS) is 16.1. The molecule has 0 saturated carbocycles. The van der Waals surface area contributed by atoms with Crippen molar-refractivity contribution in [2.45, 2.75) is 38.8 Å². The van der Waals surface area contributed by atoms with Gasteiger partial charge in [0.1, 0.15) is 5.82 Å². The molecular formula is C15H25N5O. The average molecular weight is 291 g/mol. The highest BCUT2D eigenvalue weighted by molar-refractivity contribution is 5.74. The Bertz CT molecular complexity index is 465. The van der Waals surface area contributed by atoms with Crippen molar-refractivity contribution < 1.29 is 4.79 Å². The molecule has 0 aromatic carbocycles. The fourth-order valence-electron chi connectivity index (χ4n) is 2.58. The summed E-state index contributed by atoms with van der Waals surface area (Å²) in [6.07, 6.45) is 3.59. The molecule has 6 nitrogen and oxygen atoms in total. The molecule has 0 aliphatic carbocycles. The molecule has 0 spiro atoms. The second-order valence-electron chi connectivity index (χ2n) is 5.88. The highest BCUT2D eigenvalue weighted by Crippen LogP contribution is 2.21. The maximum Gasteiger partial charge on any atom is 0.317 e. The third kappa shape index (κ3) is 4.00. The molecule has 6 heteroatoms. The van der Waals surface area contributed by atoms with Gasteiger partial charge in [0, 0.05) is 32.2 Å². The van der Waals surface area contributed by atoms with Gasteiger partial charge in [0.2, 0.25) is 0 Å². The number of carbonyl (C=O) groups is 1. The molecule has 1 saturated heterocycles. The molecule has 2 amide bonds. The summed E-state index contributed by atoms with van der Waals surface area (Å²) in [4.78, 5) is 20.4. The van der Waals surface area contributed by atoms with Gasteiger partial charge in [0.25, 0.3) is 0 Å². The molecule has 0 radical (unpaired) electrons. The van der Waals surface area contributed by atoms with E-state index < -0.39 is 0 Å². The Morgan fingerprint density at radius 3 is 2.62 bits per heavy atom. The van der Waals surface area contributed by atoms with Crippen molar-refractivity contribution in [3.63, 3.8) is 0 Å². The van der Waals surface area contributed by atoms with E-state index in [0.29, 0.717) is 5.69 Å². The predicted octanol–water partition coefficient (Wildman–Crippen LogP) is 1.68. The van der Waals surface area contributed by atoms with E-state index in [-0.39, 0.29) is 18.1 Å². The Balaban J connectivity index is 1.88. The number of rotatable bonds is 3. The van der Waals surface area contributed by atoms with E-state index in [2.05, 4.69) is 15.2 Å². The number of nitrogen functional groups attached to an aromatic ring is 1. The van der Waals surface area contributed by atoms with E-state index in [1.807, 2.05) is 37.9 Å². The number of nitrogens with one attached hydrogen (secondary N) is 1. The monoisotopic (exact) mass is 291 g/mol. The quantitative estimate of drug-likeness (QED) is 0.888. The number of pyridine rings is 1. The van der Waals surface area contributed by atoms with Crippen molar-refractivity contribution in [1.82, 2.24) is 15.2 Å². The third-order valence-electron chi connectivity index (χ3n) is 3.84. The second kappa shape index (κ2) is 6.65. The molecule has 1 aliphatic rings. The van der Waals surface area contributed by atoms with Gasteiger partial charge in [-0.1, -0.05) is 0 Å². The summed E-state index contributed by atoms with van der Waals surface area (Å²) < 4.78 is 0. The number of anilines is 2. The number of piperidine rings is 1. The summed E-state index contributed by atoms with van der Waals surface area (Å²) in [5, 5.41) is 2.94. The maximum atomic E-state index is 12.0. The molecule has 21 heavy (non-hydrogen) atoms. The number of nitrogens with two attached hydrogens (primary N) is 1. The van der Waals surface area contributed by atoms with Crippen LogP contribution in [0.25, 0.3) is 0 Å². The topological polar surface area (TPSA) is 74.5 Å². The smallest absolute Gasteiger partial charge is 0.317 e. The van der Waals surface area contributed by atoms with Crippen LogP contribution in [0.5, 0.6) is 0 Å². The van der Waals surface area contributed by atoms with Gasteiger partial charge in [0.05, 0.1) is 11.9 Å². The lowest BCUT2D eigenvalue weighted by Crippen LogP contribution is -2.50. The Hall–Kier alpha value is -1.98. The molecule has 2 heterocycles. The highest BCUT2D eigenvalue weighted by Gasteiger charge is 2.26. The molecule has 1 aromatic rings. The first kappa shape index (κ1) is 15.4. The molecule has 2 rings (SSSR count). The van der Waals surface area contributed by atoms with Gasteiger partial charge in [-0.15, -0.1) is 0 Å². The lowest BCUT2D eigenvalue weighted by molar-refractivity contribution is 0.177. The number of urea groups is 1. The summed E-state index contributed by atoms with van der Waals surface area (Å²) in [6, 6.07) is 4.28. The minimum Gasteiger partial charge on any atom is -0.397 e. The molecule has 0 unspecified atom stereocenters. The minimum atomic E-state index is 0.00839. The molecule has 0 atom stereocenters. The molecule has 116 valence electrons. The number of hydrogen-bond donors (Lipinski definition) is 2. The van der Waals surface area contributed by atoms with Crippen molar-refractivity contribution in [2.75, 3.05) is 30.8 Å². The predicted molar refractivity (Wildman–Crippen MR) is 85.3 cm³/mol. The molecule has 1 aliphatic heterocycles. The largest absolute Gasteiger partial charge is 0.397 e. The molecule has 0 bridgehead atoms. The zero-order chi connectivity index (χ0) is 15.4. The average Bonchev–Trinajstić information content (AvgIpc) is 2.47. The number of hydrogen-bond acceptors (Lipinski definition) is 4. The Morgan fingerprint density at radius 1 is 1.43 bits per heavy atom. The summed E-state index contributed by atoms with van der Waals surface area (Å²) in [5.41, 5.74) is 6.34. The fourth-order valence-corrected chi connectivity index (χ4v) is 2.58. The van der Waals surface area contributed by atoms with E-state index in [0.717, 1.165) is 31.7 Å². The van der Waals surface area contributed by atoms with Gasteiger partial charge in [-0.25, -0.2) is 9.78 Å². The lowest BCUT2D eigenvalue weighted by Gasteiger charge is -2.37. The van der Waals surface area contributed by atoms with E-state index in [4.69, 9.17) is 5.73 Å². The lowest BCUT2D eigenvalue weighted by atomic mass is 10.0. The van der Waals surface area contributed by atoms with E-state index in [1.54, 1.807) is 6.20 Å². The Morgan fingerprint density at radius 2 is 2.10 bits per heavy atom. The van der Waals surface area contributed by atoms with Crippen LogP contribution in [0.4, 0.5) is 16.3 Å². The van der Waals surface area contributed by atoms with Crippen LogP contribution in [0.2, 0.25) is 0 Å². The molecule has 3 N–H and O–H groups in total. The SMILES string of the molecule is CC(C)NC(=O)N(C)C1CCN(c2ccc(N)cn2)CC1. The standard InChI is InChI=1S/C15H25N5O/c1-11(2)18-15(21)19(3)13-6-8-20(9-7-13)14-5-4-12(16)10-17-14/h4-5,10-11,13H,6-9,16H2,1-3H3,(H,18,21). The van der Waals surface area contributed by atoms with Crippen LogP contribution in [-0.2, 0) is 0 Å². The fraction of sp³-hybridized carbons (Fsp3) is 0.600. The zero-order valence-electron chi connectivity index (χ0n) is 13.0. The number of amides is 2. The number of carbonyl (C=O) groups excluding carboxylic acids is 1. The van der Waals surface area contributed by atoms with Gasteiger partial charge in [-0.3, -0.25) is 0 Å². The molecular weight excluding hydrogens is 266 g/mol. The minimum absolute atomic E-state index is 0.00839. The van der Waals surface area contributed by atoms with Crippen molar-refractivity contribution in [2.24, 2.45) is 0 Å². The summed E-state index contributed by atoms with van der Waals surface area (Å²) in [5.74, 6) is 0.955. The second-order valence-corrected chi connectivity index (χ2v) is 5.88. The van der Waals surface area contributed by atoms with E-state index in [9.17, 15) is 4.79 Å². The van der Waals surface area contributed by atoms with Crippen molar-refractivity contribution >= 4 is 17.5 Å². The van der Waals surface area contributed by atoms with Gasteiger partial charge < -0.3 is 20.9 Å². The number of nitrogens with zero attached hydrogens (tertiary/aromatic N) is 3. The van der Waals surface area contributed by atoms with Crippen LogP contribution >= 0.6 is 0 Å². The Kier molecular flexibility index (Phi) is 4.88. The van der Waals surface area contributed by atoms with Gasteiger partial charge >= 0.3 is 6.03 Å². The maximum absolute atomic E-state index is 12.0. The zero-order valence-corrected chi connectivity index (χ0v) is 13.0. The number of aromatic nitrogens is 1. The van der Waals surface area contributed by atoms with Gasteiger partial charge in [-0.2, -0.15) is 0 Å². The van der Waals surface area contributed by atoms with Crippen LogP contribution < -0.4 is 16.0 Å². The first-order chi connectivity index (χ1) is 9.97. The van der Waals surface area contributed by atoms with Gasteiger partial charge in [0.15, 0.2) is 0 Å². The summed E-state index contributed by atoms with van der Waals surface area (Å²) >= 11 is 0. The third-order valence-corrected chi connectivity index (χ3v) is 3.84. The van der Waals surface area contributed by atoms with Crippen molar-refractivity contribution in [1.29, 1.82) is 0 Å². The molecule has 1 fully saturated rings. The van der Waals surface area contributed by atoms with Crippen LogP contribution in [0.15, 0.2) is 18.3 Å². The van der Waals surface area contributed by atoms with E-state index >= 15 is 0 Å². The van der Waals surface area contributed by atoms with Gasteiger partial charge in [-0.05, 0) is 38.8 Å². The van der Waals surface area contributed by atoms with Crippen LogP contribution in [0.3, 0.4) is 0 Å².